The number of para-hydroxylation sites is 1. The highest BCUT2D eigenvalue weighted by molar-refractivity contribution is 6.01. The lowest BCUT2D eigenvalue weighted by atomic mass is 10.0. The third-order valence-electron chi connectivity index (χ3n) is 2.54. The topological polar surface area (TPSA) is 107 Å². The van der Waals surface area contributed by atoms with Crippen LogP contribution >= 0.6 is 0 Å². The summed E-state index contributed by atoms with van der Waals surface area (Å²) >= 11 is 0. The van der Waals surface area contributed by atoms with E-state index in [0.29, 0.717) is 5.69 Å². The molecule has 18 heavy (non-hydrogen) atoms. The molecule has 1 aromatic carbocycles. The van der Waals surface area contributed by atoms with Crippen molar-refractivity contribution in [1.29, 1.82) is 0 Å². The van der Waals surface area contributed by atoms with Gasteiger partial charge in [-0.05, 0) is 26.0 Å². The van der Waals surface area contributed by atoms with Crippen LogP contribution in [0.25, 0.3) is 0 Å². The number of amides is 2. The molecule has 0 atom stereocenters. The molecule has 6 heteroatoms. The molecule has 0 aliphatic heterocycles. The third-order valence-corrected chi connectivity index (χ3v) is 2.54. The van der Waals surface area contributed by atoms with Gasteiger partial charge in [0.05, 0.1) is 18.4 Å². The van der Waals surface area contributed by atoms with Gasteiger partial charge in [-0.25, -0.2) is 0 Å². The predicted molar refractivity (Wildman–Crippen MR) is 68.1 cm³/mol. The van der Waals surface area contributed by atoms with Gasteiger partial charge < -0.3 is 21.5 Å². The standard InChI is InChI=1S/C12H17N3O3/c1-12(2,11(14)17)15-10(16)7-5-4-6-8(13)9(7)18-3/h4-6H,13H2,1-3H3,(H2,14,17)(H,15,16). The summed E-state index contributed by atoms with van der Waals surface area (Å²) in [5.41, 5.74) is 10.3. The average Bonchev–Trinajstić information content (AvgIpc) is 2.27. The van der Waals surface area contributed by atoms with Gasteiger partial charge in [-0.3, -0.25) is 9.59 Å². The van der Waals surface area contributed by atoms with Gasteiger partial charge in [-0.2, -0.15) is 0 Å². The zero-order chi connectivity index (χ0) is 13.9. The van der Waals surface area contributed by atoms with Gasteiger partial charge in [0.15, 0.2) is 5.75 Å². The fourth-order valence-electron chi connectivity index (χ4n) is 1.37. The lowest BCUT2D eigenvalue weighted by Gasteiger charge is -2.23. The fourth-order valence-corrected chi connectivity index (χ4v) is 1.37. The molecule has 0 aliphatic rings. The number of ether oxygens (including phenoxy) is 1. The molecule has 1 aromatic rings. The summed E-state index contributed by atoms with van der Waals surface area (Å²) in [4.78, 5) is 23.2. The summed E-state index contributed by atoms with van der Waals surface area (Å²) in [5, 5.41) is 2.52. The Balaban J connectivity index is 3.06. The largest absolute Gasteiger partial charge is 0.494 e. The van der Waals surface area contributed by atoms with Crippen molar-refractivity contribution < 1.29 is 14.3 Å². The van der Waals surface area contributed by atoms with E-state index < -0.39 is 17.4 Å². The van der Waals surface area contributed by atoms with Crippen LogP contribution in [-0.2, 0) is 4.79 Å². The number of primary amides is 1. The minimum absolute atomic E-state index is 0.256. The van der Waals surface area contributed by atoms with Gasteiger partial charge >= 0.3 is 0 Å². The van der Waals surface area contributed by atoms with Crippen LogP contribution in [-0.4, -0.2) is 24.5 Å². The molecule has 0 spiro atoms. The van der Waals surface area contributed by atoms with E-state index in [1.54, 1.807) is 18.2 Å². The lowest BCUT2D eigenvalue weighted by molar-refractivity contribution is -0.122. The molecule has 0 aliphatic carbocycles. The van der Waals surface area contributed by atoms with Crippen LogP contribution in [0.15, 0.2) is 18.2 Å². The van der Waals surface area contributed by atoms with E-state index in [2.05, 4.69) is 5.32 Å². The first-order valence-electron chi connectivity index (χ1n) is 5.34. The van der Waals surface area contributed by atoms with E-state index in [9.17, 15) is 9.59 Å². The molecule has 2 amide bonds. The van der Waals surface area contributed by atoms with Crippen LogP contribution in [0.1, 0.15) is 24.2 Å². The molecular formula is C12H17N3O3. The fraction of sp³-hybridized carbons (Fsp3) is 0.333. The molecule has 0 heterocycles. The zero-order valence-corrected chi connectivity index (χ0v) is 10.6. The summed E-state index contributed by atoms with van der Waals surface area (Å²) in [6.07, 6.45) is 0. The maximum atomic E-state index is 12.0. The van der Waals surface area contributed by atoms with E-state index >= 15 is 0 Å². The van der Waals surface area contributed by atoms with Crippen molar-refractivity contribution in [2.24, 2.45) is 5.73 Å². The Morgan fingerprint density at radius 2 is 1.94 bits per heavy atom. The molecule has 0 fully saturated rings. The van der Waals surface area contributed by atoms with Gasteiger partial charge in [-0.1, -0.05) is 6.07 Å². The first-order valence-corrected chi connectivity index (χ1v) is 5.34. The Labute approximate surface area is 105 Å². The molecule has 1 rings (SSSR count). The van der Waals surface area contributed by atoms with Crippen molar-refractivity contribution in [2.75, 3.05) is 12.8 Å². The Morgan fingerprint density at radius 1 is 1.33 bits per heavy atom. The summed E-state index contributed by atoms with van der Waals surface area (Å²) in [6, 6.07) is 4.81. The number of rotatable bonds is 4. The van der Waals surface area contributed by atoms with Crippen molar-refractivity contribution in [1.82, 2.24) is 5.32 Å². The zero-order valence-electron chi connectivity index (χ0n) is 10.6. The maximum absolute atomic E-state index is 12.0. The second-order valence-corrected chi connectivity index (χ2v) is 4.37. The Hall–Kier alpha value is -2.24. The second kappa shape index (κ2) is 4.95. The molecule has 0 saturated heterocycles. The van der Waals surface area contributed by atoms with Gasteiger partial charge in [-0.15, -0.1) is 0 Å². The molecule has 0 aromatic heterocycles. The van der Waals surface area contributed by atoms with E-state index in [0.717, 1.165) is 0 Å². The minimum Gasteiger partial charge on any atom is -0.494 e. The smallest absolute Gasteiger partial charge is 0.255 e. The van der Waals surface area contributed by atoms with Crippen LogP contribution in [0.3, 0.4) is 0 Å². The van der Waals surface area contributed by atoms with Crippen molar-refractivity contribution in [3.8, 4) is 5.75 Å². The predicted octanol–water partition coefficient (Wildman–Crippen LogP) is 0.271. The van der Waals surface area contributed by atoms with Gasteiger partial charge in [0.2, 0.25) is 5.91 Å². The Morgan fingerprint density at radius 3 is 2.44 bits per heavy atom. The van der Waals surface area contributed by atoms with Crippen LogP contribution < -0.4 is 21.5 Å². The van der Waals surface area contributed by atoms with Gasteiger partial charge in [0.25, 0.3) is 5.91 Å². The monoisotopic (exact) mass is 251 g/mol. The number of carbonyl (C=O) groups is 2. The highest BCUT2D eigenvalue weighted by atomic mass is 16.5. The van der Waals surface area contributed by atoms with Crippen LogP contribution in [0, 0.1) is 0 Å². The maximum Gasteiger partial charge on any atom is 0.255 e. The highest BCUT2D eigenvalue weighted by Gasteiger charge is 2.28. The molecule has 98 valence electrons. The highest BCUT2D eigenvalue weighted by Crippen LogP contribution is 2.26. The number of nitrogens with two attached hydrogens (primary N) is 2. The van der Waals surface area contributed by atoms with Gasteiger partial charge in [0.1, 0.15) is 5.54 Å². The molecule has 0 unspecified atom stereocenters. The summed E-state index contributed by atoms with van der Waals surface area (Å²) < 4.78 is 5.07. The number of carbonyl (C=O) groups excluding carboxylic acids is 2. The van der Waals surface area contributed by atoms with E-state index in [4.69, 9.17) is 16.2 Å². The minimum atomic E-state index is -1.15. The summed E-state index contributed by atoms with van der Waals surface area (Å²) in [5.74, 6) is -0.822. The quantitative estimate of drug-likeness (QED) is 0.667. The second-order valence-electron chi connectivity index (χ2n) is 4.37. The van der Waals surface area contributed by atoms with Crippen LogP contribution in [0.2, 0.25) is 0 Å². The van der Waals surface area contributed by atoms with Crippen molar-refractivity contribution in [3.05, 3.63) is 23.8 Å². The molecule has 0 saturated carbocycles. The number of nitrogen functional groups attached to an aromatic ring is 1. The summed E-state index contributed by atoms with van der Waals surface area (Å²) in [6.45, 7) is 3.04. The SMILES string of the molecule is COc1c(N)cccc1C(=O)NC(C)(C)C(N)=O. The molecule has 5 N–H and O–H groups in total. The Kier molecular flexibility index (Phi) is 3.80. The number of benzene rings is 1. The van der Waals surface area contributed by atoms with Crippen molar-refractivity contribution in [3.63, 3.8) is 0 Å². The number of methoxy groups -OCH3 is 1. The number of hydrogen-bond donors (Lipinski definition) is 3. The molecular weight excluding hydrogens is 234 g/mol. The van der Waals surface area contributed by atoms with E-state index in [1.165, 1.54) is 21.0 Å². The van der Waals surface area contributed by atoms with Crippen LogP contribution in [0.4, 0.5) is 5.69 Å². The number of anilines is 1. The molecule has 6 nitrogen and oxygen atoms in total. The van der Waals surface area contributed by atoms with Crippen LogP contribution in [0.5, 0.6) is 5.75 Å². The third kappa shape index (κ3) is 2.71. The Bertz CT molecular complexity index is 483. The number of hydrogen-bond acceptors (Lipinski definition) is 4. The number of nitrogens with one attached hydrogen (secondary N) is 1. The van der Waals surface area contributed by atoms with E-state index in [1.807, 2.05) is 0 Å². The molecule has 0 radical (unpaired) electrons. The van der Waals surface area contributed by atoms with Crippen molar-refractivity contribution in [2.45, 2.75) is 19.4 Å². The van der Waals surface area contributed by atoms with Gasteiger partial charge in [0, 0.05) is 0 Å². The van der Waals surface area contributed by atoms with Crippen molar-refractivity contribution >= 4 is 17.5 Å². The normalized spacial score (nSPS) is 10.8. The first-order chi connectivity index (χ1) is 8.29. The van der Waals surface area contributed by atoms with E-state index in [-0.39, 0.29) is 11.3 Å². The average molecular weight is 251 g/mol. The summed E-state index contributed by atoms with van der Waals surface area (Å²) in [7, 11) is 1.42. The lowest BCUT2D eigenvalue weighted by Crippen LogP contribution is -2.53. The molecule has 0 bridgehead atoms. The first kappa shape index (κ1) is 13.8.